The van der Waals surface area contributed by atoms with Crippen molar-refractivity contribution < 1.29 is 23.1 Å². The van der Waals surface area contributed by atoms with E-state index in [1.165, 1.54) is 17.7 Å². The van der Waals surface area contributed by atoms with Crippen LogP contribution in [0.1, 0.15) is 17.3 Å². The van der Waals surface area contributed by atoms with Crippen LogP contribution in [0, 0.1) is 0 Å². The molecule has 0 aromatic heterocycles. The SMILES string of the molecule is C/C(=C/Cl)COc1ccc(C(=O)O)cc1S(=O)(=O)Cl. The summed E-state index contributed by atoms with van der Waals surface area (Å²) in [5.74, 6) is -1.29. The van der Waals surface area contributed by atoms with E-state index >= 15 is 0 Å². The Morgan fingerprint density at radius 3 is 2.58 bits per heavy atom. The van der Waals surface area contributed by atoms with Crippen LogP contribution >= 0.6 is 22.3 Å². The fraction of sp³-hybridized carbons (Fsp3) is 0.182. The van der Waals surface area contributed by atoms with Crippen molar-refractivity contribution in [3.8, 4) is 5.75 Å². The highest BCUT2D eigenvalue weighted by atomic mass is 35.7. The molecule has 0 heterocycles. The lowest BCUT2D eigenvalue weighted by molar-refractivity contribution is 0.0696. The molecule has 0 aliphatic rings. The predicted octanol–water partition coefficient (Wildman–Crippen LogP) is 2.83. The highest BCUT2D eigenvalue weighted by Crippen LogP contribution is 2.28. The van der Waals surface area contributed by atoms with E-state index in [1.54, 1.807) is 6.92 Å². The van der Waals surface area contributed by atoms with Gasteiger partial charge < -0.3 is 9.84 Å². The largest absolute Gasteiger partial charge is 0.488 e. The predicted molar refractivity (Wildman–Crippen MR) is 71.5 cm³/mol. The quantitative estimate of drug-likeness (QED) is 0.842. The summed E-state index contributed by atoms with van der Waals surface area (Å²) in [5.41, 5.74) is 1.76. The van der Waals surface area contributed by atoms with Gasteiger partial charge in [-0.05, 0) is 30.7 Å². The summed E-state index contributed by atoms with van der Waals surface area (Å²) in [6.45, 7) is 1.75. The molecule has 1 aromatic rings. The molecule has 104 valence electrons. The van der Waals surface area contributed by atoms with Crippen LogP contribution in [0.2, 0.25) is 0 Å². The number of rotatable bonds is 5. The van der Waals surface area contributed by atoms with Crippen molar-refractivity contribution in [3.05, 3.63) is 34.9 Å². The third-order valence-corrected chi connectivity index (χ3v) is 3.81. The van der Waals surface area contributed by atoms with E-state index in [0.717, 1.165) is 6.07 Å². The molecule has 0 saturated carbocycles. The molecule has 0 atom stereocenters. The first-order valence-electron chi connectivity index (χ1n) is 4.96. The molecule has 0 unspecified atom stereocenters. The smallest absolute Gasteiger partial charge is 0.335 e. The molecule has 5 nitrogen and oxygen atoms in total. The average Bonchev–Trinajstić information content (AvgIpc) is 2.34. The number of benzene rings is 1. The van der Waals surface area contributed by atoms with Gasteiger partial charge in [0.25, 0.3) is 9.05 Å². The Balaban J connectivity index is 3.21. The van der Waals surface area contributed by atoms with Gasteiger partial charge in [-0.1, -0.05) is 11.6 Å². The second-order valence-electron chi connectivity index (χ2n) is 3.65. The summed E-state index contributed by atoms with van der Waals surface area (Å²) in [5, 5.41) is 8.82. The monoisotopic (exact) mass is 324 g/mol. The summed E-state index contributed by atoms with van der Waals surface area (Å²) in [6, 6.07) is 3.41. The number of carboxylic acids is 1. The maximum atomic E-state index is 11.4. The van der Waals surface area contributed by atoms with Gasteiger partial charge in [-0.15, -0.1) is 0 Å². The highest BCUT2D eigenvalue weighted by Gasteiger charge is 2.19. The number of hydrogen-bond donors (Lipinski definition) is 1. The lowest BCUT2D eigenvalue weighted by Crippen LogP contribution is -2.05. The van der Waals surface area contributed by atoms with Crippen molar-refractivity contribution >= 4 is 37.3 Å². The van der Waals surface area contributed by atoms with Gasteiger partial charge in [0.15, 0.2) is 0 Å². The Labute approximate surface area is 119 Å². The maximum Gasteiger partial charge on any atom is 0.335 e. The lowest BCUT2D eigenvalue weighted by atomic mass is 10.2. The Morgan fingerprint density at radius 2 is 2.11 bits per heavy atom. The van der Waals surface area contributed by atoms with Crippen LogP contribution in [0.5, 0.6) is 5.75 Å². The van der Waals surface area contributed by atoms with Crippen LogP contribution in [0.4, 0.5) is 0 Å². The van der Waals surface area contributed by atoms with Gasteiger partial charge in [0, 0.05) is 16.2 Å². The van der Waals surface area contributed by atoms with E-state index in [2.05, 4.69) is 0 Å². The van der Waals surface area contributed by atoms with Gasteiger partial charge in [0.05, 0.1) is 5.56 Å². The molecule has 1 rings (SSSR count). The molecule has 0 fully saturated rings. The first-order chi connectivity index (χ1) is 8.75. The second kappa shape index (κ2) is 6.27. The zero-order chi connectivity index (χ0) is 14.6. The van der Waals surface area contributed by atoms with Crippen molar-refractivity contribution in [2.75, 3.05) is 6.61 Å². The molecule has 0 radical (unpaired) electrons. The zero-order valence-electron chi connectivity index (χ0n) is 9.76. The summed E-state index contributed by atoms with van der Waals surface area (Å²) < 4.78 is 28.0. The highest BCUT2D eigenvalue weighted by molar-refractivity contribution is 8.13. The molecule has 0 spiro atoms. The Morgan fingerprint density at radius 1 is 1.47 bits per heavy atom. The first kappa shape index (κ1) is 15.8. The number of carbonyl (C=O) groups is 1. The zero-order valence-corrected chi connectivity index (χ0v) is 12.1. The van der Waals surface area contributed by atoms with E-state index in [9.17, 15) is 13.2 Å². The Bertz CT molecular complexity index is 622. The molecular weight excluding hydrogens is 315 g/mol. The molecule has 19 heavy (non-hydrogen) atoms. The van der Waals surface area contributed by atoms with E-state index < -0.39 is 19.9 Å². The fourth-order valence-electron chi connectivity index (χ4n) is 1.17. The van der Waals surface area contributed by atoms with Crippen LogP contribution in [0.15, 0.2) is 34.2 Å². The third-order valence-electron chi connectivity index (χ3n) is 2.09. The first-order valence-corrected chi connectivity index (χ1v) is 7.71. The number of ether oxygens (including phenoxy) is 1. The maximum absolute atomic E-state index is 11.4. The van der Waals surface area contributed by atoms with Crippen molar-refractivity contribution in [1.82, 2.24) is 0 Å². The van der Waals surface area contributed by atoms with Crippen LogP contribution in [0.25, 0.3) is 0 Å². The van der Waals surface area contributed by atoms with Gasteiger partial charge in [0.1, 0.15) is 17.3 Å². The van der Waals surface area contributed by atoms with E-state index in [-0.39, 0.29) is 17.9 Å². The molecule has 0 amide bonds. The summed E-state index contributed by atoms with van der Waals surface area (Å²) in [4.78, 5) is 10.4. The Kier molecular flexibility index (Phi) is 5.22. The molecule has 0 aliphatic carbocycles. The van der Waals surface area contributed by atoms with Gasteiger partial charge >= 0.3 is 5.97 Å². The third kappa shape index (κ3) is 4.41. The average molecular weight is 325 g/mol. The number of carboxylic acid groups (broad SMARTS) is 1. The number of aromatic carboxylic acids is 1. The van der Waals surface area contributed by atoms with Crippen molar-refractivity contribution in [2.24, 2.45) is 0 Å². The summed E-state index contributed by atoms with van der Waals surface area (Å²) in [7, 11) is 1.14. The van der Waals surface area contributed by atoms with E-state index in [4.69, 9.17) is 32.1 Å². The second-order valence-corrected chi connectivity index (χ2v) is 6.40. The van der Waals surface area contributed by atoms with Gasteiger partial charge in [-0.3, -0.25) is 0 Å². The minimum atomic E-state index is -4.11. The van der Waals surface area contributed by atoms with Crippen LogP contribution in [0.3, 0.4) is 0 Å². The molecule has 0 bridgehead atoms. The molecule has 0 aliphatic heterocycles. The normalized spacial score (nSPS) is 12.3. The molecule has 1 aromatic carbocycles. The van der Waals surface area contributed by atoms with Crippen molar-refractivity contribution in [3.63, 3.8) is 0 Å². The topological polar surface area (TPSA) is 80.7 Å². The minimum Gasteiger partial charge on any atom is -0.488 e. The number of hydrogen-bond acceptors (Lipinski definition) is 4. The van der Waals surface area contributed by atoms with Crippen molar-refractivity contribution in [1.29, 1.82) is 0 Å². The summed E-state index contributed by atoms with van der Waals surface area (Å²) >= 11 is 5.45. The van der Waals surface area contributed by atoms with Crippen LogP contribution < -0.4 is 4.74 Å². The van der Waals surface area contributed by atoms with E-state index in [0.29, 0.717) is 5.57 Å². The standard InChI is InChI=1S/C11H10Cl2O5S/c1-7(5-12)6-18-9-3-2-8(11(14)15)4-10(9)19(13,16)17/h2-5H,6H2,1H3,(H,14,15)/b7-5-. The molecular formula is C11H10Cl2O5S. The van der Waals surface area contributed by atoms with Gasteiger partial charge in [-0.25, -0.2) is 13.2 Å². The minimum absolute atomic E-state index is 0.0298. The molecule has 8 heteroatoms. The van der Waals surface area contributed by atoms with Crippen LogP contribution in [-0.2, 0) is 9.05 Å². The molecule has 0 saturated heterocycles. The Hall–Kier alpha value is -1.24. The van der Waals surface area contributed by atoms with Gasteiger partial charge in [0.2, 0.25) is 0 Å². The summed E-state index contributed by atoms with van der Waals surface area (Å²) in [6.07, 6.45) is 0. The fourth-order valence-corrected chi connectivity index (χ4v) is 2.23. The lowest BCUT2D eigenvalue weighted by Gasteiger charge is -2.10. The van der Waals surface area contributed by atoms with Crippen LogP contribution in [-0.4, -0.2) is 26.1 Å². The number of halogens is 2. The van der Waals surface area contributed by atoms with E-state index in [1.807, 2.05) is 0 Å². The van der Waals surface area contributed by atoms with Gasteiger partial charge in [-0.2, -0.15) is 0 Å². The molecule has 1 N–H and O–H groups in total. The van der Waals surface area contributed by atoms with Crippen molar-refractivity contribution in [2.45, 2.75) is 11.8 Å².